The molecule has 0 fully saturated rings. The summed E-state index contributed by atoms with van der Waals surface area (Å²) in [5.41, 5.74) is 5.25. The third kappa shape index (κ3) is 3.27. The van der Waals surface area contributed by atoms with Crippen molar-refractivity contribution >= 4 is 34.7 Å². The lowest BCUT2D eigenvalue weighted by Crippen LogP contribution is -2.04. The predicted octanol–water partition coefficient (Wildman–Crippen LogP) is 5.77. The van der Waals surface area contributed by atoms with Gasteiger partial charge in [0.25, 0.3) is 0 Å². The van der Waals surface area contributed by atoms with Gasteiger partial charge in [-0.3, -0.25) is 4.79 Å². The molecular weight excluding hydrogens is 317 g/mol. The molecule has 22 heavy (non-hydrogen) atoms. The van der Waals surface area contributed by atoms with Gasteiger partial charge in [0, 0.05) is 12.0 Å². The minimum atomic E-state index is 0.0459. The molecule has 0 N–H and O–H groups in total. The van der Waals surface area contributed by atoms with Crippen molar-refractivity contribution in [2.45, 2.75) is 40.0 Å². The number of aryl methyl sites for hydroxylation is 3. The maximum absolute atomic E-state index is 12.3. The van der Waals surface area contributed by atoms with Gasteiger partial charge in [0.2, 0.25) is 0 Å². The minimum absolute atomic E-state index is 0.0459. The summed E-state index contributed by atoms with van der Waals surface area (Å²) in [5, 5.41) is 0.915. The van der Waals surface area contributed by atoms with Crippen molar-refractivity contribution in [3.8, 4) is 0 Å². The summed E-state index contributed by atoms with van der Waals surface area (Å²) in [6.45, 7) is 12.9. The molecule has 1 aromatic rings. The molecule has 1 aromatic carbocycles. The normalized spacial score (nSPS) is 14.5. The fraction of sp³-hybridized carbons (Fsp3) is 0.333. The Bertz CT molecular complexity index is 728. The van der Waals surface area contributed by atoms with Crippen molar-refractivity contribution in [2.24, 2.45) is 0 Å². The van der Waals surface area contributed by atoms with Gasteiger partial charge in [0.05, 0.1) is 16.6 Å². The number of hydrogen-bond donors (Lipinski definition) is 0. The highest BCUT2D eigenvalue weighted by Crippen LogP contribution is 2.38. The first-order valence-electron chi connectivity index (χ1n) is 7.10. The Hall–Kier alpha value is -1.56. The van der Waals surface area contributed by atoms with Crippen LogP contribution in [-0.4, -0.2) is 5.78 Å². The van der Waals surface area contributed by atoms with Gasteiger partial charge in [-0.25, -0.2) is 4.85 Å². The monoisotopic (exact) mass is 333 g/mol. The fourth-order valence-electron chi connectivity index (χ4n) is 2.74. The fourth-order valence-corrected chi connectivity index (χ4v) is 3.25. The van der Waals surface area contributed by atoms with E-state index in [1.165, 1.54) is 0 Å². The molecule has 1 aliphatic rings. The molecule has 2 nitrogen and oxygen atoms in total. The highest BCUT2D eigenvalue weighted by Gasteiger charge is 2.24. The van der Waals surface area contributed by atoms with Gasteiger partial charge in [0.15, 0.2) is 11.5 Å². The van der Waals surface area contributed by atoms with Gasteiger partial charge in [-0.05, 0) is 55.9 Å². The van der Waals surface area contributed by atoms with Gasteiger partial charge in [-0.2, -0.15) is 0 Å². The molecule has 0 heterocycles. The van der Waals surface area contributed by atoms with Crippen molar-refractivity contribution in [3.05, 3.63) is 61.5 Å². The maximum Gasteiger partial charge on any atom is 0.193 e. The molecule has 0 amide bonds. The predicted molar refractivity (Wildman–Crippen MR) is 91.6 cm³/mol. The molecule has 0 saturated heterocycles. The quantitative estimate of drug-likeness (QED) is 0.641. The van der Waals surface area contributed by atoms with E-state index in [2.05, 4.69) is 4.85 Å². The van der Waals surface area contributed by atoms with Gasteiger partial charge in [-0.1, -0.05) is 35.3 Å². The lowest BCUT2D eigenvalue weighted by atomic mass is 9.98. The number of carbonyl (C=O) groups is 1. The SMILES string of the molecule is [C-]#[N+]c1c(C)cc(CCC(=O)C2=C(Cl)C(Cl)=C(C)C2)cc1C. The van der Waals surface area contributed by atoms with Crippen LogP contribution in [-0.2, 0) is 11.2 Å². The van der Waals surface area contributed by atoms with Crippen LogP contribution in [0.1, 0.15) is 36.5 Å². The average Bonchev–Trinajstić information content (AvgIpc) is 2.72. The average molecular weight is 334 g/mol. The Balaban J connectivity index is 2.09. The van der Waals surface area contributed by atoms with Crippen LogP contribution in [0.15, 0.2) is 33.3 Å². The third-order valence-electron chi connectivity index (χ3n) is 3.91. The van der Waals surface area contributed by atoms with E-state index in [-0.39, 0.29) is 5.78 Å². The van der Waals surface area contributed by atoms with Gasteiger partial charge in [0.1, 0.15) is 0 Å². The summed E-state index contributed by atoms with van der Waals surface area (Å²) < 4.78 is 0. The Morgan fingerprint density at radius 3 is 2.23 bits per heavy atom. The number of Topliss-reactive ketones (excluding diaryl/α,β-unsaturated/α-hetero) is 1. The maximum atomic E-state index is 12.3. The first-order chi connectivity index (χ1) is 10.3. The molecule has 0 radical (unpaired) electrons. The standard InChI is InChI=1S/C18H17Cl2NO/c1-10-9-14(17(20)16(10)19)15(22)6-5-13-7-11(2)18(21-4)12(3)8-13/h7-8H,5-6,9H2,1-3H3. The topological polar surface area (TPSA) is 21.4 Å². The van der Waals surface area contributed by atoms with Crippen molar-refractivity contribution < 1.29 is 4.79 Å². The molecule has 2 rings (SSSR count). The van der Waals surface area contributed by atoms with Crippen molar-refractivity contribution in [1.29, 1.82) is 0 Å². The number of allylic oxidation sites excluding steroid dienone is 4. The summed E-state index contributed by atoms with van der Waals surface area (Å²) in [6.07, 6.45) is 1.59. The van der Waals surface area contributed by atoms with E-state index in [1.807, 2.05) is 32.9 Å². The Morgan fingerprint density at radius 1 is 1.18 bits per heavy atom. The molecule has 1 aliphatic carbocycles. The van der Waals surface area contributed by atoms with E-state index in [0.29, 0.717) is 40.6 Å². The lowest BCUT2D eigenvalue weighted by molar-refractivity contribution is -0.115. The van der Waals surface area contributed by atoms with Crippen LogP contribution in [0.2, 0.25) is 0 Å². The zero-order valence-electron chi connectivity index (χ0n) is 12.9. The Kier molecular flexibility index (Phi) is 5.11. The summed E-state index contributed by atoms with van der Waals surface area (Å²) >= 11 is 12.2. The van der Waals surface area contributed by atoms with Crippen LogP contribution in [0, 0.1) is 20.4 Å². The van der Waals surface area contributed by atoms with Crippen LogP contribution in [0.4, 0.5) is 5.69 Å². The van der Waals surface area contributed by atoms with E-state index in [1.54, 1.807) is 0 Å². The van der Waals surface area contributed by atoms with E-state index in [9.17, 15) is 4.79 Å². The highest BCUT2D eigenvalue weighted by molar-refractivity contribution is 6.46. The second-order valence-corrected chi connectivity index (χ2v) is 6.43. The van der Waals surface area contributed by atoms with Crippen LogP contribution in [0.3, 0.4) is 0 Å². The molecule has 0 atom stereocenters. The second kappa shape index (κ2) is 6.69. The zero-order valence-corrected chi connectivity index (χ0v) is 14.4. The van der Waals surface area contributed by atoms with Crippen LogP contribution in [0.5, 0.6) is 0 Å². The van der Waals surface area contributed by atoms with Gasteiger partial charge < -0.3 is 0 Å². The Morgan fingerprint density at radius 2 is 1.77 bits per heavy atom. The van der Waals surface area contributed by atoms with Crippen LogP contribution in [0.25, 0.3) is 4.85 Å². The molecule has 0 bridgehead atoms. The highest BCUT2D eigenvalue weighted by atomic mass is 35.5. The molecule has 0 saturated carbocycles. The number of nitrogens with zero attached hydrogens (tertiary/aromatic N) is 1. The first kappa shape index (κ1) is 16.8. The smallest absolute Gasteiger partial charge is 0.193 e. The summed E-state index contributed by atoms with van der Waals surface area (Å²) in [7, 11) is 0. The Labute approximate surface area is 141 Å². The second-order valence-electron chi connectivity index (χ2n) is 5.68. The van der Waals surface area contributed by atoms with E-state index < -0.39 is 0 Å². The molecule has 0 aliphatic heterocycles. The number of hydrogen-bond acceptors (Lipinski definition) is 1. The summed E-state index contributed by atoms with van der Waals surface area (Å²) in [5.74, 6) is 0.0459. The molecular formula is C18H17Cl2NO. The molecule has 0 aromatic heterocycles. The van der Waals surface area contributed by atoms with E-state index >= 15 is 0 Å². The zero-order chi connectivity index (χ0) is 16.4. The summed E-state index contributed by atoms with van der Waals surface area (Å²) in [4.78, 5) is 15.9. The molecule has 4 heteroatoms. The van der Waals surface area contributed by atoms with E-state index in [4.69, 9.17) is 29.8 Å². The molecule has 114 valence electrons. The van der Waals surface area contributed by atoms with Crippen molar-refractivity contribution in [2.75, 3.05) is 0 Å². The van der Waals surface area contributed by atoms with E-state index in [0.717, 1.165) is 22.3 Å². The van der Waals surface area contributed by atoms with Gasteiger partial charge in [-0.15, -0.1) is 0 Å². The number of halogens is 2. The third-order valence-corrected chi connectivity index (χ3v) is 4.94. The van der Waals surface area contributed by atoms with Crippen molar-refractivity contribution in [1.82, 2.24) is 0 Å². The largest absolute Gasteiger partial charge is 0.294 e. The molecule has 0 spiro atoms. The lowest BCUT2D eigenvalue weighted by Gasteiger charge is -2.08. The first-order valence-corrected chi connectivity index (χ1v) is 7.85. The van der Waals surface area contributed by atoms with Crippen LogP contribution < -0.4 is 0 Å². The summed E-state index contributed by atoms with van der Waals surface area (Å²) in [6, 6.07) is 3.96. The van der Waals surface area contributed by atoms with Gasteiger partial charge >= 0.3 is 0 Å². The number of benzene rings is 1. The number of rotatable bonds is 4. The molecule has 0 unspecified atom stereocenters. The number of carbonyl (C=O) groups excluding carboxylic acids is 1. The van der Waals surface area contributed by atoms with Crippen molar-refractivity contribution in [3.63, 3.8) is 0 Å². The van der Waals surface area contributed by atoms with Crippen LogP contribution >= 0.6 is 23.2 Å². The minimum Gasteiger partial charge on any atom is -0.294 e. The number of ketones is 1.